The second-order valence-corrected chi connectivity index (χ2v) is 8.04. The Labute approximate surface area is 206 Å². The Balaban J connectivity index is 1.52. The smallest absolute Gasteiger partial charge is 0.195 e. The van der Waals surface area contributed by atoms with Crippen LogP contribution in [0.2, 0.25) is 0 Å². The zero-order valence-corrected chi connectivity index (χ0v) is 19.2. The zero-order valence-electron chi connectivity index (χ0n) is 19.2. The molecule has 4 aromatic carbocycles. The summed E-state index contributed by atoms with van der Waals surface area (Å²) in [5.74, 6) is 5.75. The molecule has 0 fully saturated rings. The summed E-state index contributed by atoms with van der Waals surface area (Å²) in [5.41, 5.74) is 1.92. The van der Waals surface area contributed by atoms with Crippen LogP contribution >= 0.6 is 0 Å². The van der Waals surface area contributed by atoms with Gasteiger partial charge in [0.05, 0.1) is 11.1 Å². The first kappa shape index (κ1) is 24.8. The van der Waals surface area contributed by atoms with Crippen molar-refractivity contribution in [3.8, 4) is 23.7 Å². The maximum atomic E-state index is 14.6. The van der Waals surface area contributed by atoms with Crippen molar-refractivity contribution in [2.24, 2.45) is 0 Å². The van der Waals surface area contributed by atoms with E-state index in [1.807, 2.05) is 25.1 Å². The third kappa shape index (κ3) is 5.65. The fraction of sp³-hybridized carbons (Fsp3) is 0.0968. The summed E-state index contributed by atoms with van der Waals surface area (Å²) >= 11 is 0. The number of hydrogen-bond acceptors (Lipinski definition) is 0. The van der Waals surface area contributed by atoms with Gasteiger partial charge in [-0.15, -0.1) is 0 Å². The van der Waals surface area contributed by atoms with Gasteiger partial charge in [0.25, 0.3) is 0 Å². The minimum absolute atomic E-state index is 0.0757. The molecule has 0 aliphatic rings. The van der Waals surface area contributed by atoms with Crippen LogP contribution in [-0.4, -0.2) is 0 Å². The molecule has 0 atom stereocenters. The highest BCUT2D eigenvalue weighted by molar-refractivity contribution is 5.84. The number of benzene rings is 4. The molecule has 36 heavy (non-hydrogen) atoms. The summed E-state index contributed by atoms with van der Waals surface area (Å²) in [4.78, 5) is 0. The number of hydrogen-bond donors (Lipinski definition) is 0. The largest absolute Gasteiger partial charge is 0.206 e. The highest BCUT2D eigenvalue weighted by Gasteiger charge is 2.13. The number of halogens is 5. The van der Waals surface area contributed by atoms with Gasteiger partial charge in [-0.1, -0.05) is 48.0 Å². The van der Waals surface area contributed by atoms with Crippen LogP contribution in [0.1, 0.15) is 41.2 Å². The van der Waals surface area contributed by atoms with Crippen molar-refractivity contribution in [3.63, 3.8) is 0 Å². The second kappa shape index (κ2) is 10.9. The van der Waals surface area contributed by atoms with Crippen LogP contribution in [0.4, 0.5) is 22.0 Å². The summed E-state index contributed by atoms with van der Waals surface area (Å²) < 4.78 is 69.7. The molecule has 0 amide bonds. The average molecular weight is 486 g/mol. The minimum atomic E-state index is -1.54. The van der Waals surface area contributed by atoms with Gasteiger partial charge >= 0.3 is 0 Å². The maximum absolute atomic E-state index is 14.6. The highest BCUT2D eigenvalue weighted by atomic mass is 19.2. The molecule has 0 nitrogen and oxygen atoms in total. The summed E-state index contributed by atoms with van der Waals surface area (Å²) in [6.07, 6.45) is 5.52. The van der Waals surface area contributed by atoms with E-state index in [1.54, 1.807) is 12.1 Å². The van der Waals surface area contributed by atoms with Gasteiger partial charge in [-0.25, -0.2) is 22.0 Å². The van der Waals surface area contributed by atoms with E-state index < -0.39 is 29.1 Å². The van der Waals surface area contributed by atoms with Crippen LogP contribution in [0.15, 0.2) is 72.8 Å². The van der Waals surface area contributed by atoms with Gasteiger partial charge < -0.3 is 0 Å². The van der Waals surface area contributed by atoms with E-state index in [4.69, 9.17) is 0 Å². The van der Waals surface area contributed by atoms with Gasteiger partial charge in [0, 0.05) is 16.5 Å². The lowest BCUT2D eigenvalue weighted by Crippen LogP contribution is -1.92. The molecule has 0 N–H and O–H groups in total. The lowest BCUT2D eigenvalue weighted by molar-refractivity contribution is 0.453. The molecule has 5 heteroatoms. The fourth-order valence-electron chi connectivity index (χ4n) is 3.59. The van der Waals surface area contributed by atoms with Crippen molar-refractivity contribution in [1.82, 2.24) is 0 Å². The molecular weight excluding hydrogens is 467 g/mol. The molecule has 0 aliphatic carbocycles. The average Bonchev–Trinajstić information content (AvgIpc) is 2.86. The van der Waals surface area contributed by atoms with E-state index in [-0.39, 0.29) is 21.9 Å². The van der Waals surface area contributed by atoms with E-state index >= 15 is 0 Å². The Bertz CT molecular complexity index is 1610. The normalized spacial score (nSPS) is 10.7. The lowest BCUT2D eigenvalue weighted by atomic mass is 10.1. The Morgan fingerprint density at radius 2 is 1.28 bits per heavy atom. The zero-order chi connectivity index (χ0) is 25.7. The molecule has 0 spiro atoms. The summed E-state index contributed by atoms with van der Waals surface area (Å²) in [7, 11) is 0. The first-order valence-electron chi connectivity index (χ1n) is 11.2. The van der Waals surface area contributed by atoms with Crippen LogP contribution in [0, 0.1) is 52.8 Å². The van der Waals surface area contributed by atoms with Gasteiger partial charge in [-0.3, -0.25) is 0 Å². The predicted molar refractivity (Wildman–Crippen MR) is 132 cm³/mol. The van der Waals surface area contributed by atoms with Crippen molar-refractivity contribution in [2.75, 3.05) is 0 Å². The molecule has 0 bridgehead atoms. The molecule has 4 aromatic rings. The van der Waals surface area contributed by atoms with Crippen molar-refractivity contribution >= 4 is 10.8 Å². The third-order valence-electron chi connectivity index (χ3n) is 5.49. The van der Waals surface area contributed by atoms with E-state index in [0.717, 1.165) is 24.5 Å². The second-order valence-electron chi connectivity index (χ2n) is 8.04. The van der Waals surface area contributed by atoms with Crippen LogP contribution < -0.4 is 0 Å². The van der Waals surface area contributed by atoms with E-state index in [2.05, 4.69) is 23.7 Å². The molecule has 178 valence electrons. The van der Waals surface area contributed by atoms with Crippen LogP contribution in [-0.2, 0) is 6.42 Å². The first-order chi connectivity index (χ1) is 17.4. The summed E-state index contributed by atoms with van der Waals surface area (Å²) in [5, 5.41) is 0.0654. The molecule has 0 aliphatic heterocycles. The van der Waals surface area contributed by atoms with Gasteiger partial charge in [0.15, 0.2) is 17.5 Å². The summed E-state index contributed by atoms with van der Waals surface area (Å²) in [6, 6.07) is 14.1. The van der Waals surface area contributed by atoms with E-state index in [0.29, 0.717) is 11.1 Å². The lowest BCUT2D eigenvalue weighted by Gasteiger charge is -2.02. The van der Waals surface area contributed by atoms with Crippen LogP contribution in [0.5, 0.6) is 0 Å². The van der Waals surface area contributed by atoms with Crippen molar-refractivity contribution in [1.29, 1.82) is 0 Å². The van der Waals surface area contributed by atoms with Gasteiger partial charge in [-0.2, -0.15) is 0 Å². The topological polar surface area (TPSA) is 0 Å². The summed E-state index contributed by atoms with van der Waals surface area (Å²) in [6.45, 7) is 1.93. The number of allylic oxidation sites excluding steroid dienone is 2. The van der Waals surface area contributed by atoms with E-state index in [1.165, 1.54) is 36.4 Å². The monoisotopic (exact) mass is 486 g/mol. The SMILES string of the molecule is C/C=C/CCc1ccc(C#Cc2ccc(C#Cc3ccc4c(F)c(F)c(F)cc4c3)c(F)c2)c(F)c1. The quantitative estimate of drug-likeness (QED) is 0.120. The van der Waals surface area contributed by atoms with Crippen molar-refractivity contribution in [3.05, 3.63) is 130 Å². The third-order valence-corrected chi connectivity index (χ3v) is 5.49. The Morgan fingerprint density at radius 1 is 0.639 bits per heavy atom. The van der Waals surface area contributed by atoms with Crippen LogP contribution in [0.25, 0.3) is 10.8 Å². The molecular formula is C31H19F5. The number of rotatable bonds is 3. The van der Waals surface area contributed by atoms with Gasteiger partial charge in [0.2, 0.25) is 0 Å². The van der Waals surface area contributed by atoms with Gasteiger partial charge in [0.1, 0.15) is 11.6 Å². The van der Waals surface area contributed by atoms with Crippen molar-refractivity contribution in [2.45, 2.75) is 19.8 Å². The molecule has 0 saturated heterocycles. The number of fused-ring (bicyclic) bond motifs is 1. The Morgan fingerprint density at radius 3 is 1.94 bits per heavy atom. The molecule has 0 aromatic heterocycles. The van der Waals surface area contributed by atoms with Crippen molar-refractivity contribution < 1.29 is 22.0 Å². The van der Waals surface area contributed by atoms with E-state index in [9.17, 15) is 22.0 Å². The highest BCUT2D eigenvalue weighted by Crippen LogP contribution is 2.24. The molecule has 4 rings (SSSR count). The predicted octanol–water partition coefficient (Wildman–Crippen LogP) is 7.84. The minimum Gasteiger partial charge on any atom is -0.206 e. The number of aryl methyl sites for hydroxylation is 1. The van der Waals surface area contributed by atoms with Gasteiger partial charge in [-0.05, 0) is 79.2 Å². The molecule has 0 radical (unpaired) electrons. The Kier molecular flexibility index (Phi) is 7.52. The maximum Gasteiger partial charge on any atom is 0.195 e. The fourth-order valence-corrected chi connectivity index (χ4v) is 3.59. The molecule has 0 unspecified atom stereocenters. The molecule has 0 heterocycles. The first-order valence-corrected chi connectivity index (χ1v) is 11.2. The molecule has 0 saturated carbocycles. The standard InChI is InChI=1S/C31H19F5/c1-2-3-4-5-20-6-11-23(27(32)17-20)13-8-22-9-14-24(28(33)18-22)12-7-21-10-15-26-25(16-21)19-29(34)31(36)30(26)35/h2-3,6,9-11,14-19H,4-5H2,1H3/b3-2+. The van der Waals surface area contributed by atoms with Crippen LogP contribution in [0.3, 0.4) is 0 Å². The Hall–Kier alpha value is -4.35.